The molecule has 0 aromatic heterocycles. The van der Waals surface area contributed by atoms with Gasteiger partial charge in [-0.3, -0.25) is 0 Å². The summed E-state index contributed by atoms with van der Waals surface area (Å²) in [5, 5.41) is 1.97. The van der Waals surface area contributed by atoms with Gasteiger partial charge in [0.1, 0.15) is 0 Å². The van der Waals surface area contributed by atoms with Gasteiger partial charge in [-0.15, -0.1) is 0 Å². The predicted molar refractivity (Wildman–Crippen MR) is 49.2 cm³/mol. The van der Waals surface area contributed by atoms with E-state index in [-0.39, 0.29) is 0 Å². The summed E-state index contributed by atoms with van der Waals surface area (Å²) in [5.74, 6) is 1.42. The Morgan fingerprint density at radius 3 is 2.12 bits per heavy atom. The Hall–Kier alpha value is 1.44. The summed E-state index contributed by atoms with van der Waals surface area (Å²) in [6, 6.07) is 0. The van der Waals surface area contributed by atoms with E-state index in [1.54, 1.807) is 0 Å². The van der Waals surface area contributed by atoms with Gasteiger partial charge in [-0.2, -0.15) is 0 Å². The molecule has 0 fully saturated rings. The fourth-order valence-corrected chi connectivity index (χ4v) is 1.76. The second-order valence-electron chi connectivity index (χ2n) is 1.60. The van der Waals surface area contributed by atoms with Crippen molar-refractivity contribution in [3.63, 3.8) is 0 Å². The van der Waals surface area contributed by atoms with Crippen LogP contribution in [0.3, 0.4) is 0 Å². The van der Waals surface area contributed by atoms with Crippen LogP contribution < -0.4 is 0 Å². The highest BCUT2D eigenvalue weighted by molar-refractivity contribution is 9.12. The molecule has 8 heavy (non-hydrogen) atoms. The second kappa shape index (κ2) is 5.24. The van der Waals surface area contributed by atoms with Crippen LogP contribution in [0, 0.1) is 5.92 Å². The zero-order valence-electron chi connectivity index (χ0n) is 4.63. The first kappa shape index (κ1) is 9.44. The van der Waals surface area contributed by atoms with Crippen LogP contribution in [0.15, 0.2) is 0 Å². The maximum Gasteiger partial charge on any atom is 0.0310 e. The van der Waals surface area contributed by atoms with Gasteiger partial charge in [0.2, 0.25) is 0 Å². The summed E-state index contributed by atoms with van der Waals surface area (Å²) in [6.07, 6.45) is 0. The van der Waals surface area contributed by atoms with Gasteiger partial charge in [0, 0.05) is 15.5 Å². The van der Waals surface area contributed by atoms with E-state index in [2.05, 4.69) is 54.7 Å². The van der Waals surface area contributed by atoms with Crippen LogP contribution in [0.25, 0.3) is 0 Å². The largest absolute Gasteiger partial charge is 0.0921 e. The highest BCUT2D eigenvalue weighted by Crippen LogP contribution is 2.18. The lowest BCUT2D eigenvalue weighted by atomic mass is 10.2. The fraction of sp³-hybridized carbons (Fsp3) is 0.800. The molecule has 0 nitrogen and oxygen atoms in total. The van der Waals surface area contributed by atoms with Crippen LogP contribution in [0.1, 0.15) is 6.92 Å². The molecule has 3 heteroatoms. The maximum absolute atomic E-state index is 3.49. The zero-order chi connectivity index (χ0) is 6.57. The lowest BCUT2D eigenvalue weighted by Gasteiger charge is -2.10. The molecule has 0 spiro atoms. The first-order valence-corrected chi connectivity index (χ1v) is 5.46. The molecule has 0 aliphatic carbocycles. The maximum atomic E-state index is 3.49. The van der Waals surface area contributed by atoms with Crippen molar-refractivity contribution >= 4 is 47.8 Å². The van der Waals surface area contributed by atoms with Crippen molar-refractivity contribution in [3.8, 4) is 0 Å². The van der Waals surface area contributed by atoms with E-state index in [9.17, 15) is 0 Å². The highest BCUT2D eigenvalue weighted by atomic mass is 79.9. The molecule has 0 aromatic carbocycles. The van der Waals surface area contributed by atoms with Crippen molar-refractivity contribution in [2.75, 3.05) is 10.7 Å². The topological polar surface area (TPSA) is 0 Å². The summed E-state index contributed by atoms with van der Waals surface area (Å²) in [7, 11) is 0. The van der Waals surface area contributed by atoms with Crippen molar-refractivity contribution in [2.24, 2.45) is 0 Å². The molecule has 0 saturated carbocycles. The quantitative estimate of drug-likeness (QED) is 0.703. The third-order valence-electron chi connectivity index (χ3n) is 0.881. The van der Waals surface area contributed by atoms with Gasteiger partial charge in [-0.05, 0) is 5.92 Å². The lowest BCUT2D eigenvalue weighted by molar-refractivity contribution is 0.986. The Balaban J connectivity index is 3.29. The van der Waals surface area contributed by atoms with Crippen LogP contribution in [-0.4, -0.2) is 15.5 Å². The van der Waals surface area contributed by atoms with E-state index in [4.69, 9.17) is 0 Å². The number of rotatable bonds is 3. The molecule has 1 radical (unpaired) electrons. The molecular weight excluding hydrogens is 300 g/mol. The molecule has 0 aliphatic heterocycles. The minimum Gasteiger partial charge on any atom is -0.0921 e. The molecule has 1 atom stereocenters. The molecule has 0 rings (SSSR count). The molecule has 0 aromatic rings. The van der Waals surface area contributed by atoms with Crippen molar-refractivity contribution in [1.29, 1.82) is 0 Å². The monoisotopic (exact) mass is 305 g/mol. The molecule has 0 bridgehead atoms. The predicted octanol–water partition coefficient (Wildman–Crippen LogP) is 3.13. The normalized spacial score (nSPS) is 14.6. The Morgan fingerprint density at radius 1 is 1.50 bits per heavy atom. The fourth-order valence-electron chi connectivity index (χ4n) is 0.215. The standard InChI is InChI=1S/C5H8Br3/c1-4(2-6)5(8)3-7/h5H,2-3H2,1H3. The van der Waals surface area contributed by atoms with Crippen molar-refractivity contribution in [1.82, 2.24) is 0 Å². The first-order valence-electron chi connectivity index (χ1n) is 2.30. The van der Waals surface area contributed by atoms with Crippen LogP contribution in [-0.2, 0) is 0 Å². The van der Waals surface area contributed by atoms with E-state index >= 15 is 0 Å². The summed E-state index contributed by atoms with van der Waals surface area (Å²) in [4.78, 5) is 0.516. The van der Waals surface area contributed by atoms with Gasteiger partial charge in [0.25, 0.3) is 0 Å². The van der Waals surface area contributed by atoms with Crippen molar-refractivity contribution in [3.05, 3.63) is 5.92 Å². The minimum absolute atomic E-state index is 0.516. The van der Waals surface area contributed by atoms with Gasteiger partial charge in [-0.25, -0.2) is 0 Å². The average Bonchev–Trinajstić information content (AvgIpc) is 1.84. The van der Waals surface area contributed by atoms with Crippen molar-refractivity contribution < 1.29 is 0 Å². The number of alkyl halides is 3. The van der Waals surface area contributed by atoms with Crippen LogP contribution in [0.4, 0.5) is 0 Å². The van der Waals surface area contributed by atoms with Gasteiger partial charge in [-0.1, -0.05) is 54.7 Å². The molecule has 0 aliphatic rings. The molecule has 0 heterocycles. The van der Waals surface area contributed by atoms with E-state index in [0.717, 1.165) is 10.7 Å². The molecule has 49 valence electrons. The highest BCUT2D eigenvalue weighted by Gasteiger charge is 2.10. The Labute approximate surface area is 75.8 Å². The molecule has 0 saturated heterocycles. The summed E-state index contributed by atoms with van der Waals surface area (Å²) in [5.41, 5.74) is 0. The summed E-state index contributed by atoms with van der Waals surface area (Å²) in [6.45, 7) is 2.12. The van der Waals surface area contributed by atoms with E-state index < -0.39 is 0 Å². The summed E-state index contributed by atoms with van der Waals surface area (Å²) < 4.78 is 0. The number of hydrogen-bond acceptors (Lipinski definition) is 0. The minimum atomic E-state index is 0.516. The molecule has 0 N–H and O–H groups in total. The van der Waals surface area contributed by atoms with Gasteiger partial charge >= 0.3 is 0 Å². The van der Waals surface area contributed by atoms with Crippen molar-refractivity contribution in [2.45, 2.75) is 11.8 Å². The average molecular weight is 308 g/mol. The Kier molecular flexibility index (Phi) is 6.19. The van der Waals surface area contributed by atoms with Crippen LogP contribution in [0.5, 0.6) is 0 Å². The van der Waals surface area contributed by atoms with Crippen LogP contribution >= 0.6 is 47.8 Å². The number of hydrogen-bond donors (Lipinski definition) is 0. The molecular formula is C5H8Br3. The lowest BCUT2D eigenvalue weighted by Crippen LogP contribution is -2.10. The van der Waals surface area contributed by atoms with E-state index in [1.807, 2.05) is 0 Å². The Morgan fingerprint density at radius 2 is 2.00 bits per heavy atom. The van der Waals surface area contributed by atoms with Gasteiger partial charge in [0.05, 0.1) is 0 Å². The summed E-state index contributed by atoms with van der Waals surface area (Å²) >= 11 is 10.2. The van der Waals surface area contributed by atoms with Gasteiger partial charge < -0.3 is 0 Å². The smallest absolute Gasteiger partial charge is 0.0310 e. The SMILES string of the molecule is C[C](CBr)C(Br)CBr. The Bertz CT molecular complexity index is 47.6. The van der Waals surface area contributed by atoms with E-state index in [0.29, 0.717) is 4.83 Å². The first-order chi connectivity index (χ1) is 3.72. The zero-order valence-corrected chi connectivity index (χ0v) is 9.38. The number of halogens is 3. The molecule has 1 unspecified atom stereocenters. The third-order valence-corrected chi connectivity index (χ3v) is 4.39. The third kappa shape index (κ3) is 3.46. The molecule has 0 amide bonds. The second-order valence-corrected chi connectivity index (χ2v) is 3.92. The van der Waals surface area contributed by atoms with Gasteiger partial charge in [0.15, 0.2) is 0 Å². The van der Waals surface area contributed by atoms with Crippen LogP contribution in [0.2, 0.25) is 0 Å². The van der Waals surface area contributed by atoms with E-state index in [1.165, 1.54) is 5.92 Å².